The van der Waals surface area contributed by atoms with Crippen molar-refractivity contribution in [3.8, 4) is 0 Å². The quantitative estimate of drug-likeness (QED) is 0.728. The maximum atomic E-state index is 10.3. The predicted molar refractivity (Wildman–Crippen MR) is 48.5 cm³/mol. The molecule has 0 radical (unpaired) electrons. The second-order valence-corrected chi connectivity index (χ2v) is 3.63. The van der Waals surface area contributed by atoms with Crippen LogP contribution in [-0.2, 0) is 0 Å². The second-order valence-electron chi connectivity index (χ2n) is 1.95. The minimum Gasteiger partial charge on any atom is -0.545 e. The molecule has 0 bridgehead atoms. The van der Waals surface area contributed by atoms with E-state index in [0.29, 0.717) is 5.02 Å². The van der Waals surface area contributed by atoms with Crippen LogP contribution in [0.4, 0.5) is 0 Å². The summed E-state index contributed by atoms with van der Waals surface area (Å²) in [6.07, 6.45) is 0. The maximum Gasteiger partial charge on any atom is 0.0716 e. The molecule has 4 heteroatoms. The van der Waals surface area contributed by atoms with Crippen LogP contribution in [0.1, 0.15) is 10.4 Å². The van der Waals surface area contributed by atoms with E-state index in [1.165, 1.54) is 12.1 Å². The average Bonchev–Trinajstić information content (AvgIpc) is 1.85. The molecular formula is C7H3ClIO2-. The summed E-state index contributed by atoms with van der Waals surface area (Å²) >= 11 is 7.59. The number of aromatic carboxylic acids is 1. The zero-order chi connectivity index (χ0) is 8.43. The van der Waals surface area contributed by atoms with Crippen LogP contribution in [0.3, 0.4) is 0 Å². The SMILES string of the molecule is O=C([O-])c1cc(Cl)cc(I)c1. The van der Waals surface area contributed by atoms with E-state index in [1.807, 2.05) is 22.6 Å². The highest BCUT2D eigenvalue weighted by atomic mass is 127. The van der Waals surface area contributed by atoms with Crippen molar-refractivity contribution in [3.63, 3.8) is 0 Å². The van der Waals surface area contributed by atoms with Crippen molar-refractivity contribution in [2.75, 3.05) is 0 Å². The van der Waals surface area contributed by atoms with E-state index in [2.05, 4.69) is 0 Å². The molecule has 2 nitrogen and oxygen atoms in total. The van der Waals surface area contributed by atoms with Crippen molar-refractivity contribution < 1.29 is 9.90 Å². The van der Waals surface area contributed by atoms with Gasteiger partial charge in [-0.1, -0.05) is 11.6 Å². The lowest BCUT2D eigenvalue weighted by Crippen LogP contribution is -2.22. The van der Waals surface area contributed by atoms with Crippen LogP contribution in [-0.4, -0.2) is 5.97 Å². The van der Waals surface area contributed by atoms with Crippen molar-refractivity contribution in [1.82, 2.24) is 0 Å². The maximum absolute atomic E-state index is 10.3. The molecule has 11 heavy (non-hydrogen) atoms. The van der Waals surface area contributed by atoms with Crippen LogP contribution in [0.25, 0.3) is 0 Å². The predicted octanol–water partition coefficient (Wildman–Crippen LogP) is 1.31. The fraction of sp³-hybridized carbons (Fsp3) is 0. The van der Waals surface area contributed by atoms with Gasteiger partial charge in [0, 0.05) is 8.59 Å². The van der Waals surface area contributed by atoms with E-state index in [4.69, 9.17) is 11.6 Å². The van der Waals surface area contributed by atoms with Gasteiger partial charge in [-0.3, -0.25) is 0 Å². The number of carbonyl (C=O) groups is 1. The van der Waals surface area contributed by atoms with Crippen LogP contribution in [0.2, 0.25) is 5.02 Å². The van der Waals surface area contributed by atoms with Gasteiger partial charge in [-0.05, 0) is 46.4 Å². The molecule has 0 amide bonds. The van der Waals surface area contributed by atoms with E-state index in [1.54, 1.807) is 6.07 Å². The van der Waals surface area contributed by atoms with Gasteiger partial charge >= 0.3 is 0 Å². The van der Waals surface area contributed by atoms with Crippen molar-refractivity contribution in [1.29, 1.82) is 0 Å². The van der Waals surface area contributed by atoms with Gasteiger partial charge in [-0.15, -0.1) is 0 Å². The van der Waals surface area contributed by atoms with Crippen LogP contribution >= 0.6 is 34.2 Å². The minimum absolute atomic E-state index is 0.113. The fourth-order valence-corrected chi connectivity index (χ4v) is 1.76. The van der Waals surface area contributed by atoms with Crippen molar-refractivity contribution in [2.45, 2.75) is 0 Å². The number of carboxylic acid groups (broad SMARTS) is 1. The van der Waals surface area contributed by atoms with Gasteiger partial charge in [-0.25, -0.2) is 0 Å². The molecule has 1 aromatic rings. The number of rotatable bonds is 1. The number of benzene rings is 1. The zero-order valence-corrected chi connectivity index (χ0v) is 8.22. The molecule has 0 aliphatic rings. The zero-order valence-electron chi connectivity index (χ0n) is 5.30. The molecule has 0 heterocycles. The summed E-state index contributed by atoms with van der Waals surface area (Å²) < 4.78 is 0.786. The highest BCUT2D eigenvalue weighted by molar-refractivity contribution is 14.1. The minimum atomic E-state index is -1.20. The fourth-order valence-electron chi connectivity index (χ4n) is 0.672. The Morgan fingerprint density at radius 1 is 1.45 bits per heavy atom. The number of halogens is 2. The Kier molecular flexibility index (Phi) is 2.72. The molecule has 0 fully saturated rings. The normalized spacial score (nSPS) is 9.64. The molecule has 0 aliphatic carbocycles. The lowest BCUT2D eigenvalue weighted by atomic mass is 10.2. The van der Waals surface area contributed by atoms with Crippen molar-refractivity contribution >= 4 is 40.2 Å². The number of carbonyl (C=O) groups excluding carboxylic acids is 1. The average molecular weight is 281 g/mol. The van der Waals surface area contributed by atoms with Gasteiger partial charge in [0.2, 0.25) is 0 Å². The summed E-state index contributed by atoms with van der Waals surface area (Å²) in [6.45, 7) is 0. The Hall–Kier alpha value is -0.290. The summed E-state index contributed by atoms with van der Waals surface area (Å²) in [5.41, 5.74) is 0.113. The Balaban J connectivity index is 3.19. The summed E-state index contributed by atoms with van der Waals surface area (Å²) in [6, 6.07) is 4.54. The summed E-state index contributed by atoms with van der Waals surface area (Å²) in [7, 11) is 0. The topological polar surface area (TPSA) is 40.1 Å². The molecule has 58 valence electrons. The second kappa shape index (κ2) is 3.40. The van der Waals surface area contributed by atoms with Crippen LogP contribution in [0, 0.1) is 3.57 Å². The Morgan fingerprint density at radius 2 is 2.09 bits per heavy atom. The lowest BCUT2D eigenvalue weighted by molar-refractivity contribution is -0.255. The van der Waals surface area contributed by atoms with Crippen LogP contribution < -0.4 is 5.11 Å². The summed E-state index contributed by atoms with van der Waals surface area (Å²) in [5.74, 6) is -1.20. The molecule has 1 rings (SSSR count). The van der Waals surface area contributed by atoms with Crippen LogP contribution in [0.5, 0.6) is 0 Å². The van der Waals surface area contributed by atoms with E-state index in [0.717, 1.165) is 3.57 Å². The van der Waals surface area contributed by atoms with E-state index in [-0.39, 0.29) is 5.56 Å². The van der Waals surface area contributed by atoms with Crippen molar-refractivity contribution in [3.05, 3.63) is 32.4 Å². The summed E-state index contributed by atoms with van der Waals surface area (Å²) in [5, 5.41) is 10.7. The number of carboxylic acids is 1. The van der Waals surface area contributed by atoms with Gasteiger partial charge in [0.1, 0.15) is 0 Å². The molecule has 1 aromatic carbocycles. The monoisotopic (exact) mass is 281 g/mol. The highest BCUT2D eigenvalue weighted by Gasteiger charge is 1.97. The van der Waals surface area contributed by atoms with E-state index < -0.39 is 5.97 Å². The third kappa shape index (κ3) is 2.34. The molecule has 0 saturated heterocycles. The molecule has 0 aromatic heterocycles. The first-order chi connectivity index (χ1) is 5.09. The summed E-state index contributed by atoms with van der Waals surface area (Å²) in [4.78, 5) is 10.3. The first-order valence-electron chi connectivity index (χ1n) is 2.77. The lowest BCUT2D eigenvalue weighted by Gasteiger charge is -2.02. The Labute approximate surface area is 82.3 Å². The number of hydrogen-bond acceptors (Lipinski definition) is 2. The molecule has 0 saturated carbocycles. The van der Waals surface area contributed by atoms with Gasteiger partial charge in [0.05, 0.1) is 5.97 Å². The van der Waals surface area contributed by atoms with E-state index in [9.17, 15) is 9.90 Å². The molecule has 0 N–H and O–H groups in total. The standard InChI is InChI=1S/C7H4ClIO2/c8-5-1-4(7(10)11)2-6(9)3-5/h1-3H,(H,10,11)/p-1. The third-order valence-electron chi connectivity index (χ3n) is 1.10. The van der Waals surface area contributed by atoms with Crippen molar-refractivity contribution in [2.24, 2.45) is 0 Å². The molecule has 0 unspecified atom stereocenters. The smallest absolute Gasteiger partial charge is 0.0716 e. The number of hydrogen-bond donors (Lipinski definition) is 0. The first-order valence-corrected chi connectivity index (χ1v) is 4.22. The van der Waals surface area contributed by atoms with Gasteiger partial charge in [0.15, 0.2) is 0 Å². The van der Waals surface area contributed by atoms with Gasteiger partial charge in [-0.2, -0.15) is 0 Å². The van der Waals surface area contributed by atoms with E-state index >= 15 is 0 Å². The molecule has 0 atom stereocenters. The first kappa shape index (κ1) is 8.80. The van der Waals surface area contributed by atoms with Gasteiger partial charge in [0.25, 0.3) is 0 Å². The highest BCUT2D eigenvalue weighted by Crippen LogP contribution is 2.15. The Bertz CT molecular complexity index is 278. The Morgan fingerprint density at radius 3 is 2.55 bits per heavy atom. The molecule has 0 aliphatic heterocycles. The van der Waals surface area contributed by atoms with Crippen LogP contribution in [0.15, 0.2) is 18.2 Å². The largest absolute Gasteiger partial charge is 0.545 e. The van der Waals surface area contributed by atoms with Gasteiger partial charge < -0.3 is 9.90 Å². The molecular weight excluding hydrogens is 278 g/mol. The molecule has 0 spiro atoms. The third-order valence-corrected chi connectivity index (χ3v) is 1.94.